The number of ketones is 1. The highest BCUT2D eigenvalue weighted by Gasteiger charge is 2.42. The van der Waals surface area contributed by atoms with Crippen molar-refractivity contribution in [1.82, 2.24) is 0 Å². The molecule has 0 spiro atoms. The number of carboxylic acids is 2. The molecule has 8 nitrogen and oxygen atoms in total. The van der Waals surface area contributed by atoms with Crippen LogP contribution in [0.3, 0.4) is 0 Å². The number of fused-ring (bicyclic) bond motifs is 1. The molecule has 2 aromatic rings. The largest absolute Gasteiger partial charge is 0.493 e. The van der Waals surface area contributed by atoms with Crippen LogP contribution in [0.25, 0.3) is 0 Å². The third-order valence-electron chi connectivity index (χ3n) is 5.97. The summed E-state index contributed by atoms with van der Waals surface area (Å²) in [4.78, 5) is 35.6. The van der Waals surface area contributed by atoms with Crippen LogP contribution in [0.15, 0.2) is 42.5 Å². The quantitative estimate of drug-likeness (QED) is 0.363. The molecule has 1 aliphatic rings. The molecule has 0 amide bonds. The van der Waals surface area contributed by atoms with Crippen molar-refractivity contribution in [3.63, 3.8) is 0 Å². The van der Waals surface area contributed by atoms with E-state index in [1.807, 2.05) is 37.3 Å². The molecule has 0 unspecified atom stereocenters. The third-order valence-corrected chi connectivity index (χ3v) is 5.97. The number of benzene rings is 2. The fraction of sp³-hybridized carbons (Fsp3) is 0.444. The van der Waals surface area contributed by atoms with E-state index in [1.54, 1.807) is 12.1 Å². The van der Waals surface area contributed by atoms with E-state index >= 15 is 0 Å². The van der Waals surface area contributed by atoms with Gasteiger partial charge in [0.2, 0.25) is 0 Å². The van der Waals surface area contributed by atoms with Crippen molar-refractivity contribution in [2.75, 3.05) is 13.2 Å². The molecular weight excluding hydrogens is 452 g/mol. The SMILES string of the molecule is CCCc1c(OCCCOc2ccccc2)ccc2c1OC(CCC(=O)O)(CCC(=O)O)CC2=O. The van der Waals surface area contributed by atoms with Gasteiger partial charge in [0.05, 0.1) is 25.2 Å². The standard InChI is InChI=1S/C27H32O8/c1-2-7-21-23(34-17-6-16-33-19-8-4-3-5-9-19)11-10-20-22(28)18-27(35-26(20)21,14-12-24(29)30)15-13-25(31)32/h3-5,8-11H,2,6-7,12-18H2,1H3,(H,29,30)(H,31,32). The minimum Gasteiger partial charge on any atom is -0.493 e. The molecule has 0 radical (unpaired) electrons. The molecule has 8 heteroatoms. The van der Waals surface area contributed by atoms with Crippen molar-refractivity contribution in [3.05, 3.63) is 53.6 Å². The molecule has 2 N–H and O–H groups in total. The second-order valence-electron chi connectivity index (χ2n) is 8.70. The van der Waals surface area contributed by atoms with E-state index < -0.39 is 17.5 Å². The number of rotatable bonds is 14. The summed E-state index contributed by atoms with van der Waals surface area (Å²) in [6, 6.07) is 13.0. The van der Waals surface area contributed by atoms with Gasteiger partial charge in [-0.05, 0) is 43.5 Å². The third kappa shape index (κ3) is 7.21. The Balaban J connectivity index is 1.77. The summed E-state index contributed by atoms with van der Waals surface area (Å²) in [6.45, 7) is 2.89. The van der Waals surface area contributed by atoms with Crippen LogP contribution in [0.4, 0.5) is 0 Å². The maximum Gasteiger partial charge on any atom is 0.303 e. The van der Waals surface area contributed by atoms with Gasteiger partial charge < -0.3 is 24.4 Å². The Kier molecular flexibility index (Phi) is 9.11. The Morgan fingerprint density at radius 3 is 2.26 bits per heavy atom. The zero-order chi connectivity index (χ0) is 25.3. The molecule has 0 bridgehead atoms. The van der Waals surface area contributed by atoms with Gasteiger partial charge in [-0.15, -0.1) is 0 Å². The van der Waals surface area contributed by atoms with Gasteiger partial charge in [-0.3, -0.25) is 14.4 Å². The van der Waals surface area contributed by atoms with Gasteiger partial charge in [0.15, 0.2) is 5.78 Å². The normalized spacial score (nSPS) is 14.0. The van der Waals surface area contributed by atoms with E-state index in [-0.39, 0.29) is 37.9 Å². The summed E-state index contributed by atoms with van der Waals surface area (Å²) in [5.41, 5.74) is -0.00238. The van der Waals surface area contributed by atoms with E-state index in [2.05, 4.69) is 0 Å². The highest BCUT2D eigenvalue weighted by Crippen LogP contribution is 2.44. The highest BCUT2D eigenvalue weighted by molar-refractivity contribution is 6.01. The fourth-order valence-electron chi connectivity index (χ4n) is 4.23. The average Bonchev–Trinajstić information content (AvgIpc) is 2.83. The van der Waals surface area contributed by atoms with Gasteiger partial charge in [0.25, 0.3) is 0 Å². The first-order valence-electron chi connectivity index (χ1n) is 12.0. The van der Waals surface area contributed by atoms with Crippen LogP contribution in [0, 0.1) is 0 Å². The van der Waals surface area contributed by atoms with Crippen LogP contribution in [0.5, 0.6) is 17.2 Å². The molecule has 2 aromatic carbocycles. The number of hydrogen-bond donors (Lipinski definition) is 2. The van der Waals surface area contributed by atoms with Crippen LogP contribution in [0.2, 0.25) is 0 Å². The van der Waals surface area contributed by atoms with Gasteiger partial charge in [0, 0.05) is 24.8 Å². The number of carbonyl (C=O) groups is 3. The molecule has 0 aromatic heterocycles. The molecule has 1 aliphatic heterocycles. The summed E-state index contributed by atoms with van der Waals surface area (Å²) in [5, 5.41) is 18.4. The minimum absolute atomic E-state index is 0.0499. The Labute approximate surface area is 204 Å². The number of hydrogen-bond acceptors (Lipinski definition) is 6. The number of carboxylic acid groups (broad SMARTS) is 2. The smallest absolute Gasteiger partial charge is 0.303 e. The fourth-order valence-corrected chi connectivity index (χ4v) is 4.23. The predicted octanol–water partition coefficient (Wildman–Crippen LogP) is 4.92. The number of aliphatic carboxylic acids is 2. The summed E-state index contributed by atoms with van der Waals surface area (Å²) in [5.74, 6) is -0.446. The topological polar surface area (TPSA) is 119 Å². The second kappa shape index (κ2) is 12.2. The van der Waals surface area contributed by atoms with Crippen molar-refractivity contribution in [2.24, 2.45) is 0 Å². The summed E-state index contributed by atoms with van der Waals surface area (Å²) >= 11 is 0. The first-order valence-corrected chi connectivity index (χ1v) is 12.0. The van der Waals surface area contributed by atoms with Crippen molar-refractivity contribution in [1.29, 1.82) is 0 Å². The van der Waals surface area contributed by atoms with Gasteiger partial charge >= 0.3 is 11.9 Å². The number of ether oxygens (including phenoxy) is 3. The zero-order valence-electron chi connectivity index (χ0n) is 20.0. The van der Waals surface area contributed by atoms with Crippen LogP contribution in [-0.4, -0.2) is 46.7 Å². The molecule has 188 valence electrons. The molecule has 0 atom stereocenters. The monoisotopic (exact) mass is 484 g/mol. The lowest BCUT2D eigenvalue weighted by Gasteiger charge is -2.39. The molecule has 0 saturated heterocycles. The van der Waals surface area contributed by atoms with Crippen LogP contribution in [0.1, 0.15) is 67.8 Å². The van der Waals surface area contributed by atoms with Gasteiger partial charge in [0.1, 0.15) is 22.8 Å². The van der Waals surface area contributed by atoms with E-state index in [9.17, 15) is 24.6 Å². The Hall–Kier alpha value is -3.55. The molecular formula is C27H32O8. The van der Waals surface area contributed by atoms with Gasteiger partial charge in [-0.1, -0.05) is 31.5 Å². The maximum absolute atomic E-state index is 13.1. The van der Waals surface area contributed by atoms with Crippen LogP contribution >= 0.6 is 0 Å². The van der Waals surface area contributed by atoms with E-state index in [0.29, 0.717) is 43.1 Å². The first kappa shape index (κ1) is 26.1. The van der Waals surface area contributed by atoms with Crippen molar-refractivity contribution >= 4 is 17.7 Å². The summed E-state index contributed by atoms with van der Waals surface area (Å²) < 4.78 is 18.1. The molecule has 0 aliphatic carbocycles. The van der Waals surface area contributed by atoms with Crippen molar-refractivity contribution < 1.29 is 38.8 Å². The number of para-hydroxylation sites is 1. The van der Waals surface area contributed by atoms with Gasteiger partial charge in [-0.2, -0.15) is 0 Å². The van der Waals surface area contributed by atoms with E-state index in [0.717, 1.165) is 17.7 Å². The minimum atomic E-state index is -1.18. The van der Waals surface area contributed by atoms with E-state index in [4.69, 9.17) is 14.2 Å². The number of carbonyl (C=O) groups excluding carboxylic acids is 1. The molecule has 35 heavy (non-hydrogen) atoms. The molecule has 0 fully saturated rings. The summed E-state index contributed by atoms with van der Waals surface area (Å²) in [6.07, 6.45) is 1.63. The van der Waals surface area contributed by atoms with Gasteiger partial charge in [-0.25, -0.2) is 0 Å². The molecule has 1 heterocycles. The lowest BCUT2D eigenvalue weighted by atomic mass is 9.82. The molecule has 0 saturated carbocycles. The van der Waals surface area contributed by atoms with Crippen molar-refractivity contribution in [2.45, 2.75) is 63.9 Å². The van der Waals surface area contributed by atoms with Crippen LogP contribution < -0.4 is 14.2 Å². The lowest BCUT2D eigenvalue weighted by molar-refractivity contribution is -0.139. The summed E-state index contributed by atoms with van der Waals surface area (Å²) in [7, 11) is 0. The Morgan fingerprint density at radius 1 is 0.971 bits per heavy atom. The Bertz CT molecular complexity index is 1010. The maximum atomic E-state index is 13.1. The van der Waals surface area contributed by atoms with Crippen molar-refractivity contribution in [3.8, 4) is 17.2 Å². The highest BCUT2D eigenvalue weighted by atomic mass is 16.5. The zero-order valence-corrected chi connectivity index (χ0v) is 20.0. The van der Waals surface area contributed by atoms with E-state index in [1.165, 1.54) is 0 Å². The number of Topliss-reactive ketones (excluding diaryl/α,β-unsaturated/α-hetero) is 1. The average molecular weight is 485 g/mol. The Morgan fingerprint density at radius 2 is 1.63 bits per heavy atom. The lowest BCUT2D eigenvalue weighted by Crippen LogP contribution is -2.43. The second-order valence-corrected chi connectivity index (χ2v) is 8.70. The predicted molar refractivity (Wildman–Crippen MR) is 129 cm³/mol. The van der Waals surface area contributed by atoms with Crippen LogP contribution in [-0.2, 0) is 16.0 Å². The first-order chi connectivity index (χ1) is 16.8. The molecule has 3 rings (SSSR count).